The van der Waals surface area contributed by atoms with Gasteiger partial charge >= 0.3 is 0 Å². The van der Waals surface area contributed by atoms with Gasteiger partial charge in [0.25, 0.3) is 0 Å². The van der Waals surface area contributed by atoms with Crippen molar-refractivity contribution in [2.24, 2.45) is 5.73 Å². The van der Waals surface area contributed by atoms with Gasteiger partial charge in [0.05, 0.1) is 18.8 Å². The van der Waals surface area contributed by atoms with E-state index in [9.17, 15) is 14.3 Å². The zero-order valence-corrected chi connectivity index (χ0v) is 16.8. The van der Waals surface area contributed by atoms with Crippen LogP contribution in [0.1, 0.15) is 35.2 Å². The number of Topliss-reactive ketones (excluding diaryl/α,β-unsaturated/α-hetero) is 1. The van der Waals surface area contributed by atoms with Crippen LogP contribution in [0.15, 0.2) is 54.6 Å². The predicted molar refractivity (Wildman–Crippen MR) is 111 cm³/mol. The van der Waals surface area contributed by atoms with E-state index in [0.717, 1.165) is 11.3 Å². The first-order chi connectivity index (χ1) is 13.9. The Morgan fingerprint density at radius 1 is 1.17 bits per heavy atom. The third kappa shape index (κ3) is 5.63. The van der Waals surface area contributed by atoms with Crippen molar-refractivity contribution in [3.05, 3.63) is 65.7 Å². The van der Waals surface area contributed by atoms with Gasteiger partial charge in [-0.3, -0.25) is 9.69 Å². The summed E-state index contributed by atoms with van der Waals surface area (Å²) in [6.07, 6.45) is 0.115. The minimum absolute atomic E-state index is 0.0510. The van der Waals surface area contributed by atoms with Crippen LogP contribution >= 0.6 is 0 Å². The normalized spacial score (nSPS) is 18.8. The maximum atomic E-state index is 14.8. The number of carbonyl (C=O) groups excluding carboxylic acids is 1. The van der Waals surface area contributed by atoms with Gasteiger partial charge in [-0.05, 0) is 30.5 Å². The van der Waals surface area contributed by atoms with Gasteiger partial charge < -0.3 is 15.6 Å². The van der Waals surface area contributed by atoms with Crippen molar-refractivity contribution in [2.45, 2.75) is 43.6 Å². The van der Waals surface area contributed by atoms with E-state index in [4.69, 9.17) is 10.5 Å². The highest BCUT2D eigenvalue weighted by molar-refractivity contribution is 5.99. The molecule has 0 bridgehead atoms. The van der Waals surface area contributed by atoms with Crippen LogP contribution in [-0.2, 0) is 6.42 Å². The van der Waals surface area contributed by atoms with Gasteiger partial charge in [0.1, 0.15) is 5.75 Å². The molecule has 3 N–H and O–H groups in total. The van der Waals surface area contributed by atoms with Crippen LogP contribution in [0, 0.1) is 0 Å². The standard InChI is InChI=1S/C23H29FN2O3/c1-29-19-9-7-17(8-10-19)16-23(28)11-13-26(14-12-23)21(24)15-20(25)22(27)18-5-3-2-4-6-18/h2-10,20-21,28H,11-16,25H2,1H3. The summed E-state index contributed by atoms with van der Waals surface area (Å²) in [6, 6.07) is 15.5. The molecule has 156 valence electrons. The Kier molecular flexibility index (Phi) is 7.00. The third-order valence-corrected chi connectivity index (χ3v) is 5.66. The molecule has 1 saturated heterocycles. The fraction of sp³-hybridized carbons (Fsp3) is 0.435. The molecule has 2 aromatic carbocycles. The molecule has 2 unspecified atom stereocenters. The lowest BCUT2D eigenvalue weighted by molar-refractivity contribution is -0.0517. The number of ketones is 1. The molecule has 5 nitrogen and oxygen atoms in total. The van der Waals surface area contributed by atoms with Gasteiger partial charge in [0, 0.05) is 31.5 Å². The average Bonchev–Trinajstić information content (AvgIpc) is 2.74. The summed E-state index contributed by atoms with van der Waals surface area (Å²) in [5, 5.41) is 10.9. The Balaban J connectivity index is 1.50. The molecule has 6 heteroatoms. The number of hydrogen-bond acceptors (Lipinski definition) is 5. The summed E-state index contributed by atoms with van der Waals surface area (Å²) in [4.78, 5) is 14.0. The minimum Gasteiger partial charge on any atom is -0.497 e. The zero-order valence-electron chi connectivity index (χ0n) is 16.8. The average molecular weight is 400 g/mol. The maximum absolute atomic E-state index is 14.8. The summed E-state index contributed by atoms with van der Waals surface area (Å²) in [6.45, 7) is 0.861. The molecule has 0 saturated carbocycles. The van der Waals surface area contributed by atoms with E-state index < -0.39 is 17.9 Å². The molecule has 1 heterocycles. The van der Waals surface area contributed by atoms with E-state index >= 15 is 0 Å². The van der Waals surface area contributed by atoms with Crippen LogP contribution in [0.25, 0.3) is 0 Å². The molecule has 0 aliphatic carbocycles. The number of nitrogens with two attached hydrogens (primary N) is 1. The number of ether oxygens (including phenoxy) is 1. The van der Waals surface area contributed by atoms with Crippen molar-refractivity contribution >= 4 is 5.78 Å². The first kappa shape index (κ1) is 21.4. The van der Waals surface area contributed by atoms with Gasteiger partial charge in [-0.1, -0.05) is 42.5 Å². The largest absolute Gasteiger partial charge is 0.497 e. The molecule has 1 fully saturated rings. The predicted octanol–water partition coefficient (Wildman–Crippen LogP) is 2.96. The minimum atomic E-state index is -1.30. The van der Waals surface area contributed by atoms with E-state index in [1.807, 2.05) is 30.3 Å². The smallest absolute Gasteiger partial charge is 0.179 e. The highest BCUT2D eigenvalue weighted by Crippen LogP contribution is 2.29. The SMILES string of the molecule is COc1ccc(CC2(O)CCN(C(F)CC(N)C(=O)c3ccccc3)CC2)cc1. The van der Waals surface area contributed by atoms with Crippen molar-refractivity contribution < 1.29 is 19.0 Å². The van der Waals surface area contributed by atoms with E-state index in [1.54, 1.807) is 36.3 Å². The van der Waals surface area contributed by atoms with E-state index in [-0.39, 0.29) is 12.2 Å². The van der Waals surface area contributed by atoms with Crippen LogP contribution < -0.4 is 10.5 Å². The lowest BCUT2D eigenvalue weighted by Crippen LogP contribution is -2.49. The number of methoxy groups -OCH3 is 1. The monoisotopic (exact) mass is 400 g/mol. The molecule has 2 atom stereocenters. The summed E-state index contributed by atoms with van der Waals surface area (Å²) < 4.78 is 19.9. The highest BCUT2D eigenvalue weighted by atomic mass is 19.1. The number of piperidine rings is 1. The second-order valence-corrected chi connectivity index (χ2v) is 7.79. The van der Waals surface area contributed by atoms with Crippen molar-refractivity contribution in [3.63, 3.8) is 0 Å². The number of likely N-dealkylation sites (tertiary alicyclic amines) is 1. The molecule has 0 amide bonds. The summed E-state index contributed by atoms with van der Waals surface area (Å²) in [5.74, 6) is 0.526. The number of alkyl halides is 1. The van der Waals surface area contributed by atoms with Gasteiger partial charge in [-0.2, -0.15) is 0 Å². The van der Waals surface area contributed by atoms with Crippen molar-refractivity contribution in [2.75, 3.05) is 20.2 Å². The first-order valence-corrected chi connectivity index (χ1v) is 9.98. The topological polar surface area (TPSA) is 75.8 Å². The zero-order chi connectivity index (χ0) is 20.9. The maximum Gasteiger partial charge on any atom is 0.179 e. The fourth-order valence-corrected chi connectivity index (χ4v) is 3.80. The molecular formula is C23H29FN2O3. The Bertz CT molecular complexity index is 790. The third-order valence-electron chi connectivity index (χ3n) is 5.66. The summed E-state index contributed by atoms with van der Waals surface area (Å²) >= 11 is 0. The molecule has 29 heavy (non-hydrogen) atoms. The fourth-order valence-electron chi connectivity index (χ4n) is 3.80. The van der Waals surface area contributed by atoms with Gasteiger partial charge in [-0.15, -0.1) is 0 Å². The van der Waals surface area contributed by atoms with Crippen molar-refractivity contribution in [1.29, 1.82) is 0 Å². The summed E-state index contributed by atoms with van der Waals surface area (Å²) in [7, 11) is 1.62. The van der Waals surface area contributed by atoms with Gasteiger partial charge in [0.2, 0.25) is 0 Å². The van der Waals surface area contributed by atoms with Crippen LogP contribution in [0.4, 0.5) is 4.39 Å². The van der Waals surface area contributed by atoms with E-state index in [1.165, 1.54) is 0 Å². The van der Waals surface area contributed by atoms with Crippen molar-refractivity contribution in [3.8, 4) is 5.75 Å². The molecule has 2 aromatic rings. The molecule has 0 radical (unpaired) electrons. The number of halogens is 1. The number of carbonyl (C=O) groups is 1. The Morgan fingerprint density at radius 2 is 1.79 bits per heavy atom. The second-order valence-electron chi connectivity index (χ2n) is 7.79. The molecule has 3 rings (SSSR count). The van der Waals surface area contributed by atoms with Crippen molar-refractivity contribution in [1.82, 2.24) is 4.90 Å². The molecule has 0 aromatic heterocycles. The van der Waals surface area contributed by atoms with Crippen LogP contribution in [0.5, 0.6) is 5.75 Å². The van der Waals surface area contributed by atoms with Crippen LogP contribution in [0.3, 0.4) is 0 Å². The Labute approximate surface area is 171 Å². The van der Waals surface area contributed by atoms with Gasteiger partial charge in [0.15, 0.2) is 12.1 Å². The highest BCUT2D eigenvalue weighted by Gasteiger charge is 2.35. The number of aliphatic hydroxyl groups is 1. The molecule has 0 spiro atoms. The quantitative estimate of drug-likeness (QED) is 0.526. The van der Waals surface area contributed by atoms with E-state index in [0.29, 0.717) is 37.9 Å². The number of benzene rings is 2. The lowest BCUT2D eigenvalue weighted by atomic mass is 9.85. The van der Waals surface area contributed by atoms with Gasteiger partial charge in [-0.25, -0.2) is 4.39 Å². The van der Waals surface area contributed by atoms with E-state index in [2.05, 4.69) is 0 Å². The lowest BCUT2D eigenvalue weighted by Gasteiger charge is -2.40. The summed E-state index contributed by atoms with van der Waals surface area (Å²) in [5.41, 5.74) is 6.63. The van der Waals surface area contributed by atoms with Crippen LogP contribution in [-0.4, -0.2) is 53.9 Å². The second kappa shape index (κ2) is 9.48. The van der Waals surface area contributed by atoms with Crippen LogP contribution in [0.2, 0.25) is 0 Å². The number of rotatable bonds is 8. The molecule has 1 aliphatic heterocycles. The number of nitrogens with zero attached hydrogens (tertiary/aromatic N) is 1. The molecular weight excluding hydrogens is 371 g/mol. The number of hydrogen-bond donors (Lipinski definition) is 2. The molecule has 1 aliphatic rings. The Morgan fingerprint density at radius 3 is 2.38 bits per heavy atom. The first-order valence-electron chi connectivity index (χ1n) is 9.98. The Hall–Kier alpha value is -2.28.